The Morgan fingerprint density at radius 2 is 1.03 bits per heavy atom. The number of carbonyl (C=O) groups is 5. The van der Waals surface area contributed by atoms with Gasteiger partial charge in [-0.05, 0) is 167 Å². The standard InChI is InChI=1S/C40H46ClNO9.C30H26ClNO5.C4H9NO3/c1-25-29(24-51-38-22-37(49-3)28(19-36(38)41)7-4-9-30(43)20-39(45)46)8-5-11-34(25)35-12-6-10-33(26(35)2)27-13-15-32(16-14-27)50-18-17-42-23-31(44)21-40(47)48;1-19-22(18-37-30-28(31)16-23(17-34)29(32-30)35-3)6-4-8-26(19)27-9-5-7-25(20(27)2)21-10-12-24(13-11-21)36-15-14-33;5-2-3(6)1-4(7)8/h5-6,8,10-16,19,22,30-31,42-44H,4,7,9,17-18,20-21,23-24H2,1-3H3,(H,45,46)(H,47,48);4-14,16-17H,15,18H2,1-3H3;3,6H,1-2,5H2,(H,7,8)/t30-,31+;;3-/m1.0/s1. The number of aliphatic hydroxyl groups is 3. The Kier molecular flexibility index (Phi) is 30.1. The maximum Gasteiger partial charge on any atom is 0.306 e. The molecule has 8 aromatic rings. The monoisotopic (exact) mass is 1350 g/mol. The first-order valence-electron chi connectivity index (χ1n) is 30.8. The Bertz CT molecular complexity index is 3900. The maximum atomic E-state index is 11.2. The number of methoxy groups -OCH3 is 2. The second-order valence-corrected chi connectivity index (χ2v) is 23.1. The lowest BCUT2D eigenvalue weighted by Gasteiger charge is -2.18. The van der Waals surface area contributed by atoms with Crippen molar-refractivity contribution in [2.75, 3.05) is 47.1 Å². The number of pyridine rings is 1. The number of aromatic nitrogens is 1. The van der Waals surface area contributed by atoms with E-state index in [1.165, 1.54) is 13.2 Å². The van der Waals surface area contributed by atoms with Gasteiger partial charge in [0.15, 0.2) is 12.6 Å². The van der Waals surface area contributed by atoms with Crippen LogP contribution in [0.15, 0.2) is 140 Å². The van der Waals surface area contributed by atoms with Gasteiger partial charge in [-0.3, -0.25) is 24.0 Å². The van der Waals surface area contributed by atoms with Crippen molar-refractivity contribution >= 4 is 53.7 Å². The van der Waals surface area contributed by atoms with Gasteiger partial charge in [0, 0.05) is 25.7 Å². The fourth-order valence-electron chi connectivity index (χ4n) is 10.4. The van der Waals surface area contributed by atoms with Gasteiger partial charge in [-0.2, -0.15) is 4.98 Å². The molecule has 0 saturated heterocycles. The highest BCUT2D eigenvalue weighted by Gasteiger charge is 2.19. The van der Waals surface area contributed by atoms with E-state index in [1.54, 1.807) is 19.2 Å². The lowest BCUT2D eigenvalue weighted by atomic mass is 9.89. The third-order valence-corrected chi connectivity index (χ3v) is 16.1. The van der Waals surface area contributed by atoms with E-state index >= 15 is 0 Å². The second kappa shape index (κ2) is 38.2. The molecule has 1 heterocycles. The van der Waals surface area contributed by atoms with Crippen molar-refractivity contribution in [3.8, 4) is 79.3 Å². The highest BCUT2D eigenvalue weighted by Crippen LogP contribution is 2.39. The third-order valence-electron chi connectivity index (χ3n) is 15.5. The molecule has 0 aliphatic rings. The molecule has 0 spiro atoms. The number of rotatable bonds is 33. The SMILES string of the molecule is COc1cc(OCc2cccc(-c3cccc(-c4ccc(OCCNC[C@@H](O)CC(=O)O)cc4)c3C)c2C)c(Cl)cc1CCC[C@@H](O)CC(=O)O.COc1nc(OCc2cccc(-c3cccc(-c4ccc(OCC=O)cc4)c3C)c2C)c(Cl)cc1C=O.NC[C@@H](O)CC(=O)O. The Balaban J connectivity index is 0.000000282. The molecule has 1 aromatic heterocycles. The highest BCUT2D eigenvalue weighted by atomic mass is 35.5. The number of aldehydes is 2. The number of aliphatic hydroxyl groups excluding tert-OH is 3. The van der Waals surface area contributed by atoms with Crippen LogP contribution in [0.5, 0.6) is 34.8 Å². The highest BCUT2D eigenvalue weighted by molar-refractivity contribution is 6.32. The van der Waals surface area contributed by atoms with E-state index in [-0.39, 0.29) is 67.9 Å². The molecule has 7 aromatic carbocycles. The van der Waals surface area contributed by atoms with Crippen molar-refractivity contribution in [3.63, 3.8) is 0 Å². The summed E-state index contributed by atoms with van der Waals surface area (Å²) >= 11 is 12.9. The molecular weight excluding hydrogens is 1270 g/mol. The fraction of sp³-hybridized carbons (Fsp3) is 0.297. The number of hydrogen-bond donors (Lipinski definition) is 8. The molecule has 0 aliphatic heterocycles. The van der Waals surface area contributed by atoms with Crippen LogP contribution < -0.4 is 39.5 Å². The molecule has 508 valence electrons. The van der Waals surface area contributed by atoms with Crippen LogP contribution in [0.4, 0.5) is 0 Å². The normalized spacial score (nSPS) is 11.7. The van der Waals surface area contributed by atoms with Gasteiger partial charge < -0.3 is 70.1 Å². The van der Waals surface area contributed by atoms with Crippen LogP contribution in [-0.4, -0.2) is 131 Å². The van der Waals surface area contributed by atoms with E-state index in [4.69, 9.17) is 77.8 Å². The summed E-state index contributed by atoms with van der Waals surface area (Å²) in [6.07, 6.45) is -0.698. The summed E-state index contributed by atoms with van der Waals surface area (Å²) < 4.78 is 34.1. The lowest BCUT2D eigenvalue weighted by Crippen LogP contribution is -2.31. The molecule has 22 heteroatoms. The molecule has 0 unspecified atom stereocenters. The number of carboxylic acids is 3. The summed E-state index contributed by atoms with van der Waals surface area (Å²) in [4.78, 5) is 57.2. The van der Waals surface area contributed by atoms with Gasteiger partial charge in [-0.15, -0.1) is 0 Å². The van der Waals surface area contributed by atoms with Gasteiger partial charge >= 0.3 is 17.9 Å². The van der Waals surface area contributed by atoms with E-state index < -0.39 is 36.2 Å². The van der Waals surface area contributed by atoms with Gasteiger partial charge in [-0.25, -0.2) is 0 Å². The summed E-state index contributed by atoms with van der Waals surface area (Å²) in [5.74, 6) is -0.253. The van der Waals surface area contributed by atoms with Crippen molar-refractivity contribution in [2.24, 2.45) is 5.73 Å². The molecule has 3 atom stereocenters. The molecule has 0 radical (unpaired) electrons. The van der Waals surface area contributed by atoms with Crippen molar-refractivity contribution in [1.82, 2.24) is 10.3 Å². The first-order chi connectivity index (χ1) is 46.1. The Morgan fingerprint density at radius 3 is 1.52 bits per heavy atom. The predicted molar refractivity (Wildman–Crippen MR) is 368 cm³/mol. The van der Waals surface area contributed by atoms with Crippen LogP contribution in [0, 0.1) is 27.7 Å². The van der Waals surface area contributed by atoms with Gasteiger partial charge in [-0.1, -0.05) is 120 Å². The van der Waals surface area contributed by atoms with Crippen LogP contribution >= 0.6 is 23.2 Å². The van der Waals surface area contributed by atoms with E-state index in [0.29, 0.717) is 73.3 Å². The quantitative estimate of drug-likeness (QED) is 0.0140. The van der Waals surface area contributed by atoms with Gasteiger partial charge in [0.25, 0.3) is 0 Å². The zero-order valence-electron chi connectivity index (χ0n) is 54.3. The molecule has 0 bridgehead atoms. The summed E-state index contributed by atoms with van der Waals surface area (Å²) in [6, 6.07) is 45.4. The van der Waals surface area contributed by atoms with Gasteiger partial charge in [0.05, 0.1) is 62.4 Å². The van der Waals surface area contributed by atoms with Crippen LogP contribution in [-0.2, 0) is 38.8 Å². The molecule has 0 amide bonds. The van der Waals surface area contributed by atoms with Crippen molar-refractivity contribution in [3.05, 3.63) is 194 Å². The molecule has 9 N–H and O–H groups in total. The average Bonchev–Trinajstić information content (AvgIpc) is 0.806. The van der Waals surface area contributed by atoms with E-state index in [0.717, 1.165) is 89.7 Å². The summed E-state index contributed by atoms with van der Waals surface area (Å²) in [7, 11) is 3.01. The molecular formula is C74H81Cl2N3O17. The topological polar surface area (TPSA) is 313 Å². The Labute approximate surface area is 568 Å². The summed E-state index contributed by atoms with van der Waals surface area (Å²) in [5.41, 5.74) is 21.2. The van der Waals surface area contributed by atoms with Gasteiger partial charge in [0.2, 0.25) is 11.8 Å². The summed E-state index contributed by atoms with van der Waals surface area (Å²) in [5, 5.41) is 57.3. The average molecular weight is 1360 g/mol. The first kappa shape index (κ1) is 75.6. The number of nitrogens with zero attached hydrogens (tertiary/aromatic N) is 1. The van der Waals surface area contributed by atoms with E-state index in [9.17, 15) is 34.2 Å². The zero-order chi connectivity index (χ0) is 69.8. The number of nitrogens with two attached hydrogens (primary N) is 1. The molecule has 0 aliphatic carbocycles. The van der Waals surface area contributed by atoms with Crippen LogP contribution in [0.25, 0.3) is 44.5 Å². The number of aryl methyl sites for hydroxylation is 1. The number of aliphatic carboxylic acids is 3. The number of halogens is 2. The van der Waals surface area contributed by atoms with Crippen molar-refractivity contribution in [1.29, 1.82) is 0 Å². The number of nitrogens with one attached hydrogen (secondary N) is 1. The lowest BCUT2D eigenvalue weighted by molar-refractivity contribution is -0.140. The van der Waals surface area contributed by atoms with Gasteiger partial charge in [0.1, 0.15) is 54.4 Å². The maximum absolute atomic E-state index is 11.2. The van der Waals surface area contributed by atoms with Crippen molar-refractivity contribution in [2.45, 2.75) is 97.7 Å². The number of hydrogen-bond acceptors (Lipinski definition) is 17. The zero-order valence-corrected chi connectivity index (χ0v) is 55.8. The minimum absolute atomic E-state index is 0.00625. The number of carboxylic acid groups (broad SMARTS) is 3. The van der Waals surface area contributed by atoms with Crippen LogP contribution in [0.3, 0.4) is 0 Å². The largest absolute Gasteiger partial charge is 0.496 e. The second-order valence-electron chi connectivity index (χ2n) is 22.3. The predicted octanol–water partition coefficient (Wildman–Crippen LogP) is 12.3. The third kappa shape index (κ3) is 22.4. The minimum Gasteiger partial charge on any atom is -0.496 e. The van der Waals surface area contributed by atoms with Crippen LogP contribution in [0.1, 0.15) is 81.4 Å². The summed E-state index contributed by atoms with van der Waals surface area (Å²) in [6.45, 7) is 9.98. The van der Waals surface area contributed by atoms with E-state index in [2.05, 4.69) is 80.5 Å². The number of carbonyl (C=O) groups excluding carboxylic acids is 2. The van der Waals surface area contributed by atoms with E-state index in [1.807, 2.05) is 78.9 Å². The molecule has 8 rings (SSSR count). The molecule has 20 nitrogen and oxygen atoms in total. The Morgan fingerprint density at radius 1 is 0.542 bits per heavy atom. The Hall–Kier alpha value is -9.38. The first-order valence-corrected chi connectivity index (χ1v) is 31.5. The molecule has 96 heavy (non-hydrogen) atoms. The molecule has 0 fully saturated rings. The van der Waals surface area contributed by atoms with Crippen molar-refractivity contribution < 1.29 is 83.0 Å². The smallest absolute Gasteiger partial charge is 0.306 e. The molecule has 0 saturated carbocycles. The minimum atomic E-state index is -1.04. The van der Waals surface area contributed by atoms with Crippen LogP contribution in [0.2, 0.25) is 10.0 Å². The fourth-order valence-corrected chi connectivity index (χ4v) is 10.9. The number of ether oxygens (including phenoxy) is 6. The number of benzene rings is 7.